The molecule has 0 aliphatic heterocycles. The third-order valence-electron chi connectivity index (χ3n) is 14.7. The highest BCUT2D eigenvalue weighted by atomic mass is 16.4. The lowest BCUT2D eigenvalue weighted by Crippen LogP contribution is -2.58. The van der Waals surface area contributed by atoms with E-state index in [2.05, 4.69) is 26.1 Å². The van der Waals surface area contributed by atoms with Crippen molar-refractivity contribution < 1.29 is 69.0 Å². The molecule has 18 nitrogen and oxygen atoms in total. The van der Waals surface area contributed by atoms with Crippen molar-refractivity contribution in [2.45, 2.75) is 110 Å². The number of carboxylic acids is 6. The third kappa shape index (κ3) is 12.0. The van der Waals surface area contributed by atoms with E-state index in [1.165, 1.54) is 4.90 Å². The van der Waals surface area contributed by atoms with E-state index in [1.807, 2.05) is 0 Å². The molecule has 0 radical (unpaired) electrons. The van der Waals surface area contributed by atoms with Crippen molar-refractivity contribution in [3.05, 3.63) is 0 Å². The van der Waals surface area contributed by atoms with E-state index in [0.717, 1.165) is 48.3 Å². The molecule has 4 aliphatic rings. The number of hydrogen-bond donors (Lipinski definition) is 7. The highest BCUT2D eigenvalue weighted by Crippen LogP contribution is 2.67. The van der Waals surface area contributed by atoms with Crippen molar-refractivity contribution in [1.82, 2.24) is 20.0 Å². The van der Waals surface area contributed by atoms with Gasteiger partial charge in [0.2, 0.25) is 5.91 Å². The normalized spacial score (nSPS) is 29.9. The van der Waals surface area contributed by atoms with Gasteiger partial charge in [0.15, 0.2) is 0 Å². The van der Waals surface area contributed by atoms with Gasteiger partial charge in [-0.15, -0.1) is 0 Å². The standard InChI is InChI=1S/C41H64N4O14/c1-24(4-11-34(48)49)28-7-8-29-27-6-5-25-18-26(12-13-40(25,2)30(27)19-32(46)41(28,29)3)42-33(47)10-9-31(39(58)59)45(16-14-43(20-35(50)51)21-36(52)53)17-15-44(22-37(54)55)23-38(56)57/h24-31H,4-23H2,1-3H3,(H,42,47)(H,48,49)(H,50,51)(H,52,53)(H,54,55)(H,56,57)(H,58,59)/t24-,25-,26+,27+,28-,29+,30+,31+,40+,41-/m1/s1. The molecule has 4 saturated carbocycles. The van der Waals surface area contributed by atoms with Crippen LogP contribution in [0, 0.1) is 46.3 Å². The molecule has 0 aromatic rings. The minimum Gasteiger partial charge on any atom is -0.481 e. The van der Waals surface area contributed by atoms with E-state index in [-0.39, 0.29) is 92.4 Å². The molecule has 0 unspecified atom stereocenters. The third-order valence-corrected chi connectivity index (χ3v) is 14.7. The molecule has 59 heavy (non-hydrogen) atoms. The average molecular weight is 837 g/mol. The van der Waals surface area contributed by atoms with Crippen LogP contribution in [-0.2, 0) is 38.4 Å². The van der Waals surface area contributed by atoms with E-state index in [0.29, 0.717) is 31.0 Å². The van der Waals surface area contributed by atoms with Crippen LogP contribution in [0.5, 0.6) is 0 Å². The largest absolute Gasteiger partial charge is 0.481 e. The fraction of sp³-hybridized carbons (Fsp3) is 0.805. The van der Waals surface area contributed by atoms with Crippen molar-refractivity contribution in [1.29, 1.82) is 0 Å². The maximum atomic E-state index is 14.2. The van der Waals surface area contributed by atoms with Gasteiger partial charge in [0, 0.05) is 56.9 Å². The summed E-state index contributed by atoms with van der Waals surface area (Å²) in [5.74, 6) is -5.82. The van der Waals surface area contributed by atoms with Crippen LogP contribution in [0.15, 0.2) is 0 Å². The zero-order valence-electron chi connectivity index (χ0n) is 34.6. The molecule has 4 fully saturated rings. The van der Waals surface area contributed by atoms with Crippen LogP contribution in [0.3, 0.4) is 0 Å². The van der Waals surface area contributed by atoms with Crippen LogP contribution < -0.4 is 5.32 Å². The molecule has 4 rings (SSSR count). The lowest BCUT2D eigenvalue weighted by atomic mass is 9.44. The van der Waals surface area contributed by atoms with Crippen molar-refractivity contribution in [3.63, 3.8) is 0 Å². The highest BCUT2D eigenvalue weighted by Gasteiger charge is 2.64. The number of amides is 1. The van der Waals surface area contributed by atoms with Crippen molar-refractivity contribution in [2.75, 3.05) is 52.4 Å². The second-order valence-electron chi connectivity index (χ2n) is 18.1. The molecule has 10 atom stereocenters. The lowest BCUT2D eigenvalue weighted by molar-refractivity contribution is -0.158. The molecule has 0 aromatic carbocycles. The Morgan fingerprint density at radius 2 is 1.25 bits per heavy atom. The summed E-state index contributed by atoms with van der Waals surface area (Å²) in [5.41, 5.74) is -0.517. The van der Waals surface area contributed by atoms with Gasteiger partial charge < -0.3 is 36.0 Å². The molecule has 0 bridgehead atoms. The molecular formula is C41H64N4O14. The predicted octanol–water partition coefficient (Wildman–Crippen LogP) is 2.29. The van der Waals surface area contributed by atoms with Gasteiger partial charge >= 0.3 is 35.8 Å². The summed E-state index contributed by atoms with van der Waals surface area (Å²) in [6.45, 7) is 3.29. The minimum absolute atomic E-state index is 0.0760. The van der Waals surface area contributed by atoms with Gasteiger partial charge in [-0.25, -0.2) is 0 Å². The first kappa shape index (κ1) is 47.5. The van der Waals surface area contributed by atoms with Gasteiger partial charge in [-0.2, -0.15) is 0 Å². The number of ketones is 1. The Kier molecular flexibility index (Phi) is 16.4. The van der Waals surface area contributed by atoms with Crippen molar-refractivity contribution in [3.8, 4) is 0 Å². The summed E-state index contributed by atoms with van der Waals surface area (Å²) in [6.07, 6.45) is 6.98. The van der Waals surface area contributed by atoms with E-state index in [4.69, 9.17) is 0 Å². The Balaban J connectivity index is 1.39. The van der Waals surface area contributed by atoms with Gasteiger partial charge in [0.1, 0.15) is 11.8 Å². The molecule has 0 aromatic heterocycles. The van der Waals surface area contributed by atoms with E-state index in [9.17, 15) is 69.0 Å². The fourth-order valence-corrected chi connectivity index (χ4v) is 11.8. The Morgan fingerprint density at radius 1 is 0.695 bits per heavy atom. The number of fused-ring (bicyclic) bond motifs is 5. The molecular weight excluding hydrogens is 772 g/mol. The fourth-order valence-electron chi connectivity index (χ4n) is 11.8. The Bertz CT molecular complexity index is 1520. The maximum Gasteiger partial charge on any atom is 0.320 e. The molecule has 0 heterocycles. The zero-order chi connectivity index (χ0) is 43.8. The topological polar surface area (TPSA) is 280 Å². The first-order valence-electron chi connectivity index (χ1n) is 21.0. The first-order chi connectivity index (χ1) is 27.6. The number of Topliss-reactive ketones (excluding diaryl/α,β-unsaturated/α-hetero) is 1. The zero-order valence-corrected chi connectivity index (χ0v) is 34.6. The number of carbonyl (C=O) groups excluding carboxylic acids is 2. The van der Waals surface area contributed by atoms with Crippen LogP contribution in [-0.4, -0.2) is 157 Å². The van der Waals surface area contributed by atoms with Crippen LogP contribution in [0.1, 0.15) is 97.8 Å². The average Bonchev–Trinajstić information content (AvgIpc) is 3.49. The molecule has 1 amide bonds. The number of carbonyl (C=O) groups is 8. The molecule has 18 heteroatoms. The summed E-state index contributed by atoms with van der Waals surface area (Å²) in [5, 5.41) is 59.8. The highest BCUT2D eigenvalue weighted by molar-refractivity contribution is 5.87. The number of rotatable bonds is 24. The summed E-state index contributed by atoms with van der Waals surface area (Å²) in [6, 6.07) is -1.46. The number of aliphatic carboxylic acids is 6. The molecule has 0 saturated heterocycles. The lowest BCUT2D eigenvalue weighted by Gasteiger charge is -2.60. The summed E-state index contributed by atoms with van der Waals surface area (Å²) >= 11 is 0. The quantitative estimate of drug-likeness (QED) is 0.0734. The Morgan fingerprint density at radius 3 is 1.76 bits per heavy atom. The van der Waals surface area contributed by atoms with E-state index in [1.54, 1.807) is 0 Å². The smallest absolute Gasteiger partial charge is 0.320 e. The van der Waals surface area contributed by atoms with Crippen LogP contribution in [0.2, 0.25) is 0 Å². The number of nitrogens with one attached hydrogen (secondary N) is 1. The SMILES string of the molecule is C[C@H](CCC(=O)O)[C@H]1CC[C@H]2[C@@H]3CC[C@@H]4C[C@@H](NC(=O)CC[C@@H](C(=O)O)N(CCN(CC(=O)O)CC(=O)O)CCN(CC(=O)O)CC(=O)O)CC[C@]4(C)[C@H]3CC(=O)[C@]12C. The number of hydrogen-bond acceptors (Lipinski definition) is 11. The van der Waals surface area contributed by atoms with Gasteiger partial charge in [-0.3, -0.25) is 53.1 Å². The number of carboxylic acid groups (broad SMARTS) is 6. The van der Waals surface area contributed by atoms with E-state index >= 15 is 0 Å². The molecule has 0 spiro atoms. The Labute approximate surface area is 344 Å². The molecule has 7 N–H and O–H groups in total. The summed E-state index contributed by atoms with van der Waals surface area (Å²) in [7, 11) is 0. The summed E-state index contributed by atoms with van der Waals surface area (Å²) < 4.78 is 0. The minimum atomic E-state index is -1.32. The second-order valence-corrected chi connectivity index (χ2v) is 18.1. The predicted molar refractivity (Wildman–Crippen MR) is 209 cm³/mol. The molecule has 332 valence electrons. The maximum absolute atomic E-state index is 14.2. The van der Waals surface area contributed by atoms with Crippen molar-refractivity contribution in [2.24, 2.45) is 46.3 Å². The van der Waals surface area contributed by atoms with Gasteiger partial charge in [-0.1, -0.05) is 20.8 Å². The Hall–Kier alpha value is -4.16. The van der Waals surface area contributed by atoms with Gasteiger partial charge in [0.05, 0.1) is 26.2 Å². The number of nitrogens with zero attached hydrogens (tertiary/aromatic N) is 3. The first-order valence-corrected chi connectivity index (χ1v) is 21.0. The van der Waals surface area contributed by atoms with Crippen LogP contribution in [0.25, 0.3) is 0 Å². The van der Waals surface area contributed by atoms with Gasteiger partial charge in [0.25, 0.3) is 0 Å². The van der Waals surface area contributed by atoms with E-state index < -0.39 is 73.5 Å². The van der Waals surface area contributed by atoms with Gasteiger partial charge in [-0.05, 0) is 98.7 Å². The second kappa shape index (κ2) is 20.4. The van der Waals surface area contributed by atoms with Crippen molar-refractivity contribution >= 4 is 47.5 Å². The van der Waals surface area contributed by atoms with Crippen LogP contribution >= 0.6 is 0 Å². The summed E-state index contributed by atoms with van der Waals surface area (Å²) in [4.78, 5) is 101. The van der Waals surface area contributed by atoms with Crippen LogP contribution in [0.4, 0.5) is 0 Å². The monoisotopic (exact) mass is 836 g/mol. The molecule has 4 aliphatic carbocycles.